The summed E-state index contributed by atoms with van der Waals surface area (Å²) in [5.41, 5.74) is 6.71. The summed E-state index contributed by atoms with van der Waals surface area (Å²) in [6.45, 7) is 2.69. The van der Waals surface area contributed by atoms with E-state index in [1.165, 1.54) is 12.1 Å². The van der Waals surface area contributed by atoms with Crippen LogP contribution >= 0.6 is 11.6 Å². The van der Waals surface area contributed by atoms with Crippen LogP contribution in [0.3, 0.4) is 0 Å². The maximum atomic E-state index is 13.9. The van der Waals surface area contributed by atoms with Crippen molar-refractivity contribution in [3.05, 3.63) is 64.4 Å². The van der Waals surface area contributed by atoms with Gasteiger partial charge in [-0.1, -0.05) is 23.7 Å². The minimum atomic E-state index is -0.607. The fraction of sp³-hybridized carbons (Fsp3) is 0.188. The molecule has 21 heavy (non-hydrogen) atoms. The number of carbonyl (C=O) groups is 1. The van der Waals surface area contributed by atoms with Crippen LogP contribution in [-0.4, -0.2) is 17.4 Å². The van der Waals surface area contributed by atoms with Crippen molar-refractivity contribution in [1.82, 2.24) is 4.90 Å². The fourth-order valence-corrected chi connectivity index (χ4v) is 2.27. The van der Waals surface area contributed by atoms with E-state index in [0.29, 0.717) is 23.8 Å². The molecule has 2 aromatic carbocycles. The lowest BCUT2D eigenvalue weighted by Gasteiger charge is -2.21. The summed E-state index contributed by atoms with van der Waals surface area (Å²) in [5, 5.41) is 0.606. The van der Waals surface area contributed by atoms with Crippen LogP contribution in [0.15, 0.2) is 42.5 Å². The molecule has 0 bridgehead atoms. The number of amides is 1. The third-order valence-corrected chi connectivity index (χ3v) is 3.39. The van der Waals surface area contributed by atoms with E-state index in [4.69, 9.17) is 17.3 Å². The number of benzene rings is 2. The normalized spacial score (nSPS) is 10.4. The highest BCUT2D eigenvalue weighted by atomic mass is 35.5. The molecular formula is C16H16ClFN2O. The number of rotatable bonds is 4. The third-order valence-electron chi connectivity index (χ3n) is 3.15. The molecule has 0 atom stereocenters. The summed E-state index contributed by atoms with van der Waals surface area (Å²) in [6, 6.07) is 11.3. The molecule has 0 aliphatic heterocycles. The Balaban J connectivity index is 2.22. The first-order valence-corrected chi connectivity index (χ1v) is 6.97. The van der Waals surface area contributed by atoms with Crippen LogP contribution in [0.4, 0.5) is 10.1 Å². The highest BCUT2D eigenvalue weighted by Gasteiger charge is 2.18. The Morgan fingerprint density at radius 2 is 2.05 bits per heavy atom. The molecular weight excluding hydrogens is 291 g/mol. The smallest absolute Gasteiger partial charge is 0.257 e. The van der Waals surface area contributed by atoms with Crippen molar-refractivity contribution in [3.63, 3.8) is 0 Å². The summed E-state index contributed by atoms with van der Waals surface area (Å²) < 4.78 is 13.9. The Morgan fingerprint density at radius 1 is 1.29 bits per heavy atom. The first-order valence-electron chi connectivity index (χ1n) is 6.60. The van der Waals surface area contributed by atoms with Crippen molar-refractivity contribution in [2.45, 2.75) is 13.5 Å². The Kier molecular flexibility index (Phi) is 4.81. The summed E-state index contributed by atoms with van der Waals surface area (Å²) >= 11 is 5.93. The molecule has 0 aromatic heterocycles. The van der Waals surface area contributed by atoms with E-state index in [9.17, 15) is 9.18 Å². The zero-order valence-corrected chi connectivity index (χ0v) is 12.4. The Morgan fingerprint density at radius 3 is 2.67 bits per heavy atom. The van der Waals surface area contributed by atoms with Gasteiger partial charge in [0, 0.05) is 23.8 Å². The molecule has 0 saturated heterocycles. The van der Waals surface area contributed by atoms with Crippen LogP contribution in [-0.2, 0) is 6.54 Å². The minimum absolute atomic E-state index is 0.0214. The van der Waals surface area contributed by atoms with E-state index in [-0.39, 0.29) is 11.5 Å². The van der Waals surface area contributed by atoms with Gasteiger partial charge in [0.05, 0.1) is 5.56 Å². The van der Waals surface area contributed by atoms with Crippen molar-refractivity contribution in [2.75, 3.05) is 12.3 Å². The monoisotopic (exact) mass is 306 g/mol. The minimum Gasteiger partial charge on any atom is -0.399 e. The number of hydrogen-bond donors (Lipinski definition) is 1. The second-order valence-electron chi connectivity index (χ2n) is 4.69. The van der Waals surface area contributed by atoms with Crippen molar-refractivity contribution in [2.24, 2.45) is 0 Å². The van der Waals surface area contributed by atoms with Crippen LogP contribution in [0, 0.1) is 5.82 Å². The average Bonchev–Trinajstić information content (AvgIpc) is 2.44. The lowest BCUT2D eigenvalue weighted by atomic mass is 10.1. The number of nitrogen functional groups attached to an aromatic ring is 1. The number of hydrogen-bond acceptors (Lipinski definition) is 2. The SMILES string of the molecule is CCN(Cc1cccc(Cl)c1)C(=O)c1ccc(N)cc1F. The van der Waals surface area contributed by atoms with Gasteiger partial charge in [0.15, 0.2) is 0 Å². The van der Waals surface area contributed by atoms with Crippen LogP contribution in [0.2, 0.25) is 5.02 Å². The van der Waals surface area contributed by atoms with Crippen LogP contribution in [0.25, 0.3) is 0 Å². The van der Waals surface area contributed by atoms with Gasteiger partial charge >= 0.3 is 0 Å². The van der Waals surface area contributed by atoms with Crippen molar-refractivity contribution in [3.8, 4) is 0 Å². The zero-order valence-electron chi connectivity index (χ0n) is 11.6. The molecule has 0 heterocycles. The van der Waals surface area contributed by atoms with Crippen LogP contribution < -0.4 is 5.73 Å². The van der Waals surface area contributed by atoms with Gasteiger partial charge in [-0.05, 0) is 42.8 Å². The first-order chi connectivity index (χ1) is 10.0. The van der Waals surface area contributed by atoms with Gasteiger partial charge in [0.2, 0.25) is 0 Å². The fourth-order valence-electron chi connectivity index (χ4n) is 2.06. The predicted molar refractivity (Wildman–Crippen MR) is 82.7 cm³/mol. The molecule has 3 nitrogen and oxygen atoms in total. The highest BCUT2D eigenvalue weighted by Crippen LogP contribution is 2.17. The summed E-state index contributed by atoms with van der Waals surface area (Å²) in [7, 11) is 0. The molecule has 2 N–H and O–H groups in total. The maximum Gasteiger partial charge on any atom is 0.257 e. The number of carbonyl (C=O) groups excluding carboxylic acids is 1. The number of nitrogens with two attached hydrogens (primary N) is 1. The molecule has 2 aromatic rings. The van der Waals surface area contributed by atoms with Gasteiger partial charge in [-0.25, -0.2) is 4.39 Å². The van der Waals surface area contributed by atoms with E-state index in [0.717, 1.165) is 11.6 Å². The second-order valence-corrected chi connectivity index (χ2v) is 5.12. The quantitative estimate of drug-likeness (QED) is 0.875. The first kappa shape index (κ1) is 15.3. The summed E-state index contributed by atoms with van der Waals surface area (Å²) in [4.78, 5) is 14.0. The van der Waals surface area contributed by atoms with Gasteiger partial charge in [-0.3, -0.25) is 4.79 Å². The molecule has 0 aliphatic rings. The van der Waals surface area contributed by atoms with Gasteiger partial charge in [0.1, 0.15) is 5.82 Å². The lowest BCUT2D eigenvalue weighted by molar-refractivity contribution is 0.0748. The van der Waals surface area contributed by atoms with Gasteiger partial charge in [-0.2, -0.15) is 0 Å². The molecule has 1 amide bonds. The van der Waals surface area contributed by atoms with Crippen LogP contribution in [0.5, 0.6) is 0 Å². The number of halogens is 2. The largest absolute Gasteiger partial charge is 0.399 e. The van der Waals surface area contributed by atoms with E-state index < -0.39 is 5.82 Å². The van der Waals surface area contributed by atoms with E-state index >= 15 is 0 Å². The van der Waals surface area contributed by atoms with Gasteiger partial charge in [-0.15, -0.1) is 0 Å². The Labute approximate surface area is 128 Å². The second kappa shape index (κ2) is 6.59. The molecule has 0 radical (unpaired) electrons. The predicted octanol–water partition coefficient (Wildman–Crippen LogP) is 3.72. The third kappa shape index (κ3) is 3.73. The maximum absolute atomic E-state index is 13.9. The topological polar surface area (TPSA) is 46.3 Å². The molecule has 0 saturated carbocycles. The van der Waals surface area contributed by atoms with E-state index in [2.05, 4.69) is 0 Å². The average molecular weight is 307 g/mol. The van der Waals surface area contributed by atoms with Crippen molar-refractivity contribution in [1.29, 1.82) is 0 Å². The molecule has 2 rings (SSSR count). The molecule has 0 aliphatic carbocycles. The van der Waals surface area contributed by atoms with Crippen molar-refractivity contribution >= 4 is 23.2 Å². The molecule has 0 spiro atoms. The standard InChI is InChI=1S/C16H16ClFN2O/c1-2-20(10-11-4-3-5-12(17)8-11)16(21)14-7-6-13(19)9-15(14)18/h3-9H,2,10,19H2,1H3. The van der Waals surface area contributed by atoms with Gasteiger partial charge in [0.25, 0.3) is 5.91 Å². The summed E-state index contributed by atoms with van der Waals surface area (Å²) in [6.07, 6.45) is 0. The van der Waals surface area contributed by atoms with Crippen LogP contribution in [0.1, 0.15) is 22.8 Å². The number of nitrogens with zero attached hydrogens (tertiary/aromatic N) is 1. The molecule has 0 fully saturated rings. The molecule has 110 valence electrons. The van der Waals surface area contributed by atoms with Gasteiger partial charge < -0.3 is 10.6 Å². The highest BCUT2D eigenvalue weighted by molar-refractivity contribution is 6.30. The lowest BCUT2D eigenvalue weighted by Crippen LogP contribution is -2.31. The zero-order chi connectivity index (χ0) is 15.4. The Bertz CT molecular complexity index is 660. The van der Waals surface area contributed by atoms with Crippen molar-refractivity contribution < 1.29 is 9.18 Å². The van der Waals surface area contributed by atoms with E-state index in [1.807, 2.05) is 19.1 Å². The number of anilines is 1. The molecule has 0 unspecified atom stereocenters. The molecule has 5 heteroatoms. The Hall–Kier alpha value is -2.07. The van der Waals surface area contributed by atoms with E-state index in [1.54, 1.807) is 17.0 Å². The summed E-state index contributed by atoms with van der Waals surface area (Å²) in [5.74, 6) is -0.973.